The zero-order chi connectivity index (χ0) is 81.3. The highest BCUT2D eigenvalue weighted by atomic mass is 16.5. The van der Waals surface area contributed by atoms with Crippen LogP contribution in [-0.2, 0) is 70.7 Å². The first-order valence-corrected chi connectivity index (χ1v) is 39.8. The van der Waals surface area contributed by atoms with Gasteiger partial charge in [-0.2, -0.15) is 25.2 Å². The summed E-state index contributed by atoms with van der Waals surface area (Å²) in [6.45, 7) is 20.2. The zero-order valence-corrected chi connectivity index (χ0v) is 66.1. The molecule has 1 saturated carbocycles. The molecule has 2 unspecified atom stereocenters. The molecular formula is C83H92N24O11. The van der Waals surface area contributed by atoms with Crippen LogP contribution in [0.1, 0.15) is 51.7 Å². The van der Waals surface area contributed by atoms with Crippen LogP contribution in [0, 0.1) is 11.3 Å². The second kappa shape index (κ2) is 35.7. The lowest BCUT2D eigenvalue weighted by molar-refractivity contribution is -0.135. The van der Waals surface area contributed by atoms with Crippen LogP contribution in [0.2, 0.25) is 0 Å². The van der Waals surface area contributed by atoms with Gasteiger partial charge in [-0.15, -0.1) is 0 Å². The van der Waals surface area contributed by atoms with E-state index in [1.807, 2.05) is 32.0 Å². The zero-order valence-electron chi connectivity index (χ0n) is 66.1. The highest BCUT2D eigenvalue weighted by molar-refractivity contribution is 5.95. The summed E-state index contributed by atoms with van der Waals surface area (Å²) >= 11 is 0. The first-order chi connectivity index (χ1) is 57.5. The number of nitrogens with zero attached hydrogens (tertiary/aromatic N) is 22. The van der Waals surface area contributed by atoms with Crippen LogP contribution in [-0.4, -0.2) is 259 Å². The number of morpholine rings is 5. The van der Waals surface area contributed by atoms with Gasteiger partial charge in [0.25, 0.3) is 0 Å². The minimum Gasteiger partial charge on any atom is -0.508 e. The number of aromatic nitrogens is 16. The van der Waals surface area contributed by atoms with Gasteiger partial charge in [0, 0.05) is 99.8 Å². The van der Waals surface area contributed by atoms with Crippen molar-refractivity contribution in [2.75, 3.05) is 138 Å². The van der Waals surface area contributed by atoms with Crippen LogP contribution in [0.4, 0.5) is 23.8 Å². The van der Waals surface area contributed by atoms with Crippen LogP contribution in [0.15, 0.2) is 122 Å². The average Bonchev–Trinajstić information content (AvgIpc) is 1.56. The van der Waals surface area contributed by atoms with Crippen LogP contribution >= 0.6 is 0 Å². The van der Waals surface area contributed by atoms with E-state index in [9.17, 15) is 35.0 Å². The van der Waals surface area contributed by atoms with Gasteiger partial charge in [0.05, 0.1) is 96.4 Å². The topological polar surface area (TPSA) is 397 Å². The van der Waals surface area contributed by atoms with E-state index in [1.54, 1.807) is 103 Å². The molecule has 5 aliphatic heterocycles. The molecule has 0 bridgehead atoms. The number of nitrogens with one attached hydrogen (secondary N) is 2. The van der Waals surface area contributed by atoms with Crippen LogP contribution < -0.4 is 30.2 Å². The van der Waals surface area contributed by atoms with Crippen molar-refractivity contribution in [2.45, 2.75) is 97.4 Å². The van der Waals surface area contributed by atoms with Gasteiger partial charge < -0.3 is 92.4 Å². The maximum Gasteiger partial charge on any atom is 0.242 e. The number of rotatable bonds is 17. The lowest BCUT2D eigenvalue weighted by Crippen LogP contribution is -2.46. The van der Waals surface area contributed by atoms with Crippen molar-refractivity contribution < 1.29 is 53.4 Å². The number of fused-ring (bicyclic) bond motifs is 5. The molecule has 0 spiro atoms. The molecule has 6 fully saturated rings. The van der Waals surface area contributed by atoms with Crippen molar-refractivity contribution in [3.63, 3.8) is 0 Å². The Morgan fingerprint density at radius 1 is 0.492 bits per heavy atom. The number of carbonyl (C=O) groups is 3. The number of amides is 3. The van der Waals surface area contributed by atoms with Crippen LogP contribution in [0.3, 0.4) is 0 Å². The third-order valence-corrected chi connectivity index (χ3v) is 20.8. The van der Waals surface area contributed by atoms with E-state index in [0.29, 0.717) is 191 Å². The Balaban J connectivity index is 0.000000118. The number of phenols is 3. The van der Waals surface area contributed by atoms with Crippen molar-refractivity contribution in [3.8, 4) is 68.3 Å². The van der Waals surface area contributed by atoms with E-state index in [0.717, 1.165) is 65.8 Å². The molecule has 5 saturated heterocycles. The number of aromatic hydroxyl groups is 3. The number of imidazole rings is 4. The van der Waals surface area contributed by atoms with Crippen molar-refractivity contribution >= 4 is 92.2 Å². The fourth-order valence-corrected chi connectivity index (χ4v) is 15.0. The number of benzene rings is 4. The maximum atomic E-state index is 12.8. The molecule has 12 aromatic rings. The van der Waals surface area contributed by atoms with E-state index >= 15 is 0 Å². The van der Waals surface area contributed by atoms with E-state index in [4.69, 9.17) is 63.6 Å². The molecule has 35 nitrogen and oxygen atoms in total. The van der Waals surface area contributed by atoms with Crippen LogP contribution in [0.25, 0.3) is 95.8 Å². The monoisotopic (exact) mass is 1600 g/mol. The lowest BCUT2D eigenvalue weighted by atomic mass is 10.0. The van der Waals surface area contributed by atoms with Gasteiger partial charge in [-0.25, -0.2) is 39.9 Å². The van der Waals surface area contributed by atoms with Gasteiger partial charge >= 0.3 is 0 Å². The molecular weight excluding hydrogens is 1510 g/mol. The predicted molar refractivity (Wildman–Crippen MR) is 440 cm³/mol. The number of nitriles is 1. The Morgan fingerprint density at radius 2 is 0.890 bits per heavy atom. The van der Waals surface area contributed by atoms with Crippen molar-refractivity contribution in [2.24, 2.45) is 0 Å². The molecule has 0 radical (unpaired) electrons. The van der Waals surface area contributed by atoms with Crippen molar-refractivity contribution in [3.05, 3.63) is 134 Å². The van der Waals surface area contributed by atoms with E-state index in [1.165, 1.54) is 11.1 Å². The molecule has 118 heavy (non-hydrogen) atoms. The molecule has 8 aromatic heterocycles. The average molecular weight is 1600 g/mol. The maximum absolute atomic E-state index is 12.8. The minimum atomic E-state index is -0.107. The van der Waals surface area contributed by atoms with Gasteiger partial charge in [-0.1, -0.05) is 66.7 Å². The van der Waals surface area contributed by atoms with E-state index in [2.05, 4.69) is 100 Å². The SMILES string of the molecule is CC(C)NC(=O)Cn1cnc2c(-c3cccc(O)c3)nc(N3CCOCC3)nc21.CC1CN(c2nc(-c3cccc4c3C=CC4)c3ncn(CC#N)c3n2)CC(C)O1.O=C(Cn1cnc2c(-c3cccc(O)c3)nc(N3CCOCC3)nc21)N1CCOCC1.O=C(Cn1cnc2c(-c3cccc(O)c3)nc(N3CCOCC3)nc21)NC1CC1. The minimum absolute atomic E-state index is 0.00744. The second-order valence-electron chi connectivity index (χ2n) is 30.0. The summed E-state index contributed by atoms with van der Waals surface area (Å²) in [5.74, 6) is 2.68. The summed E-state index contributed by atoms with van der Waals surface area (Å²) in [6, 6.07) is 29.6. The van der Waals surface area contributed by atoms with Crippen LogP contribution in [0.5, 0.6) is 17.2 Å². The largest absolute Gasteiger partial charge is 0.508 e. The fourth-order valence-electron chi connectivity index (χ4n) is 15.0. The quantitative estimate of drug-likeness (QED) is 0.0614. The Labute approximate surface area is 678 Å². The molecule has 19 rings (SSSR count). The number of anilines is 4. The van der Waals surface area contributed by atoms with Gasteiger partial charge in [0.15, 0.2) is 22.6 Å². The summed E-state index contributed by atoms with van der Waals surface area (Å²) in [6.07, 6.45) is 14.1. The van der Waals surface area contributed by atoms with E-state index < -0.39 is 0 Å². The summed E-state index contributed by atoms with van der Waals surface area (Å²) in [7, 11) is 0. The predicted octanol–water partition coefficient (Wildman–Crippen LogP) is 6.97. The van der Waals surface area contributed by atoms with Gasteiger partial charge in [0.2, 0.25) is 41.5 Å². The number of phenolic OH excluding ortho intramolecular Hbond substituents is 3. The third kappa shape index (κ3) is 18.2. The second-order valence-corrected chi connectivity index (χ2v) is 30.0. The highest BCUT2D eigenvalue weighted by Gasteiger charge is 2.31. The Bertz CT molecular complexity index is 5540. The molecule has 13 heterocycles. The smallest absolute Gasteiger partial charge is 0.242 e. The Kier molecular flexibility index (Phi) is 23.9. The standard InChI is InChI=1S/C22H22N6O.C21H24N6O4.C20H22N6O3.C20H24N6O3/c1-14-11-28(12-15(2)29-14)22-25-19(18-8-4-6-16-5-3-7-17(16)18)20-21(26-22)27(10-9-23)13-24-20;28-16-3-1-2-15(12-16)18-19-20(24-21(23-18)26-6-10-31-11-7-26)27(14-22-19)13-17(29)25-4-8-30-9-5-25;27-15-3-1-2-13(10-15)17-18-19(24-20(23-17)25-6-8-29-9-7-25)26(12-21-18)11-16(28)22-14-4-5-14;1-13(2)22-16(28)11-26-12-21-18-17(14-4-3-5-15(27)10-14)23-20(24-19(18)26)25-6-8-29-9-7-25/h3-4,6-8,13-15H,5,10-12H2,1-2H3;1-3,12,14,28H,4-11,13H2;1-3,10,12,14,27H,4-9,11H2,(H,22,28);3-5,10,12-13,27H,6-9,11H2,1-2H3,(H,22,28). The Morgan fingerprint density at radius 3 is 1.33 bits per heavy atom. The summed E-state index contributed by atoms with van der Waals surface area (Å²) in [5, 5.41) is 44.9. The molecule has 5 N–H and O–H groups in total. The highest BCUT2D eigenvalue weighted by Crippen LogP contribution is 2.38. The van der Waals surface area contributed by atoms with Gasteiger partial charge in [0.1, 0.15) is 88.3 Å². The fraction of sp³-hybridized carbons (Fsp3) is 0.398. The molecule has 4 aromatic carbocycles. The van der Waals surface area contributed by atoms with E-state index in [-0.39, 0.29) is 79.4 Å². The molecule has 610 valence electrons. The van der Waals surface area contributed by atoms with Gasteiger partial charge in [-0.3, -0.25) is 14.4 Å². The normalized spacial score (nSPS) is 17.4. The van der Waals surface area contributed by atoms with Crippen molar-refractivity contribution in [1.82, 2.24) is 93.6 Å². The molecule has 2 atom stereocenters. The Hall–Kier alpha value is -12.9. The third-order valence-electron chi connectivity index (χ3n) is 20.8. The molecule has 35 heteroatoms. The first kappa shape index (κ1) is 79.0. The molecule has 2 aliphatic carbocycles. The van der Waals surface area contributed by atoms with Crippen molar-refractivity contribution in [1.29, 1.82) is 5.26 Å². The molecule has 7 aliphatic rings. The summed E-state index contributed by atoms with van der Waals surface area (Å²) < 4.78 is 34.6. The molecule has 3 amide bonds. The number of ether oxygens (including phenoxy) is 5. The number of carbonyl (C=O) groups excluding carboxylic acids is 3. The number of allylic oxidation sites excluding steroid dienone is 1. The van der Waals surface area contributed by atoms with Gasteiger partial charge in [-0.05, 0) is 94.5 Å². The summed E-state index contributed by atoms with van der Waals surface area (Å²) in [5.41, 5.74) is 13.5. The summed E-state index contributed by atoms with van der Waals surface area (Å²) in [4.78, 5) is 104. The number of hydrogen-bond donors (Lipinski definition) is 5. The number of hydrogen-bond acceptors (Lipinski definition) is 28. The first-order valence-electron chi connectivity index (χ1n) is 39.8. The lowest BCUT2D eigenvalue weighted by Gasteiger charge is -2.35.